The van der Waals surface area contributed by atoms with Crippen LogP contribution in [0.1, 0.15) is 42.6 Å². The number of rotatable bonds is 2. The molecule has 0 bridgehead atoms. The van der Waals surface area contributed by atoms with E-state index in [-0.39, 0.29) is 5.91 Å². The van der Waals surface area contributed by atoms with Crippen LogP contribution in [0.4, 0.5) is 5.82 Å². The summed E-state index contributed by atoms with van der Waals surface area (Å²) in [5.74, 6) is 6.39. The highest BCUT2D eigenvalue weighted by Gasteiger charge is 2.39. The summed E-state index contributed by atoms with van der Waals surface area (Å²) >= 11 is 6.12. The predicted molar refractivity (Wildman–Crippen MR) is 78.5 cm³/mol. The minimum absolute atomic E-state index is 0.0681. The molecule has 5 nitrogen and oxygen atoms in total. The molecule has 3 rings (SSSR count). The number of pyridine rings is 1. The van der Waals surface area contributed by atoms with E-state index in [9.17, 15) is 4.79 Å². The van der Waals surface area contributed by atoms with Gasteiger partial charge in [0, 0.05) is 12.6 Å². The number of likely N-dealkylation sites (tertiary alicyclic amines) is 1. The van der Waals surface area contributed by atoms with Gasteiger partial charge in [0.15, 0.2) is 0 Å². The molecule has 2 aliphatic rings. The van der Waals surface area contributed by atoms with Gasteiger partial charge in [0.05, 0.1) is 5.02 Å². The van der Waals surface area contributed by atoms with Crippen molar-refractivity contribution < 1.29 is 4.79 Å². The quantitative estimate of drug-likeness (QED) is 0.649. The Morgan fingerprint density at radius 2 is 2.15 bits per heavy atom. The third-order valence-electron chi connectivity index (χ3n) is 4.47. The summed E-state index contributed by atoms with van der Waals surface area (Å²) in [6.45, 7) is 0.812. The zero-order valence-corrected chi connectivity index (χ0v) is 12.1. The third kappa shape index (κ3) is 2.36. The fourth-order valence-electron chi connectivity index (χ4n) is 3.47. The second-order valence-electron chi connectivity index (χ2n) is 5.57. The molecule has 1 saturated carbocycles. The van der Waals surface area contributed by atoms with Crippen molar-refractivity contribution in [2.45, 2.75) is 38.1 Å². The molecule has 1 amide bonds. The SMILES string of the molecule is NNc1ccc(Cl)c(C(=O)N2CCC3CCCCC32)n1. The summed E-state index contributed by atoms with van der Waals surface area (Å²) in [4.78, 5) is 18.9. The average molecular weight is 295 g/mol. The summed E-state index contributed by atoms with van der Waals surface area (Å²) in [5, 5.41) is 0.383. The Balaban J connectivity index is 1.85. The lowest BCUT2D eigenvalue weighted by atomic mass is 9.85. The smallest absolute Gasteiger partial charge is 0.274 e. The van der Waals surface area contributed by atoms with Crippen LogP contribution in [0.15, 0.2) is 12.1 Å². The van der Waals surface area contributed by atoms with Gasteiger partial charge in [0.25, 0.3) is 5.91 Å². The van der Waals surface area contributed by atoms with Crippen molar-refractivity contribution in [1.29, 1.82) is 0 Å². The average Bonchev–Trinajstić information content (AvgIpc) is 2.91. The second kappa shape index (κ2) is 5.58. The molecule has 0 radical (unpaired) electrons. The molecule has 108 valence electrons. The van der Waals surface area contributed by atoms with Crippen LogP contribution in [0.3, 0.4) is 0 Å². The van der Waals surface area contributed by atoms with Gasteiger partial charge in [-0.25, -0.2) is 10.8 Å². The highest BCUT2D eigenvalue weighted by atomic mass is 35.5. The van der Waals surface area contributed by atoms with Crippen molar-refractivity contribution in [2.75, 3.05) is 12.0 Å². The van der Waals surface area contributed by atoms with E-state index in [0.717, 1.165) is 19.4 Å². The molecule has 20 heavy (non-hydrogen) atoms. The van der Waals surface area contributed by atoms with E-state index in [1.54, 1.807) is 12.1 Å². The normalized spacial score (nSPS) is 25.4. The Hall–Kier alpha value is -1.33. The van der Waals surface area contributed by atoms with Crippen LogP contribution < -0.4 is 11.3 Å². The minimum Gasteiger partial charge on any atom is -0.334 e. The number of nitrogens with one attached hydrogen (secondary N) is 1. The number of hydrogen-bond acceptors (Lipinski definition) is 4. The van der Waals surface area contributed by atoms with Crippen LogP contribution in [-0.2, 0) is 0 Å². The summed E-state index contributed by atoms with van der Waals surface area (Å²) in [7, 11) is 0. The zero-order chi connectivity index (χ0) is 14.1. The topological polar surface area (TPSA) is 71.2 Å². The number of aromatic nitrogens is 1. The number of hydrazine groups is 1. The maximum Gasteiger partial charge on any atom is 0.274 e. The van der Waals surface area contributed by atoms with Gasteiger partial charge in [0.1, 0.15) is 11.5 Å². The van der Waals surface area contributed by atoms with Crippen LogP contribution in [0.2, 0.25) is 5.02 Å². The molecule has 2 atom stereocenters. The van der Waals surface area contributed by atoms with Crippen molar-refractivity contribution in [3.8, 4) is 0 Å². The van der Waals surface area contributed by atoms with Gasteiger partial charge < -0.3 is 10.3 Å². The molecule has 1 aromatic rings. The van der Waals surface area contributed by atoms with Gasteiger partial charge in [-0.15, -0.1) is 0 Å². The molecule has 2 heterocycles. The Morgan fingerprint density at radius 1 is 1.35 bits per heavy atom. The lowest BCUT2D eigenvalue weighted by Gasteiger charge is -2.31. The first kappa shape index (κ1) is 13.6. The third-order valence-corrected chi connectivity index (χ3v) is 4.77. The largest absolute Gasteiger partial charge is 0.334 e. The van der Waals surface area contributed by atoms with Crippen molar-refractivity contribution in [3.63, 3.8) is 0 Å². The summed E-state index contributed by atoms with van der Waals surface area (Å²) in [6.07, 6.45) is 5.93. The Morgan fingerprint density at radius 3 is 2.95 bits per heavy atom. The number of anilines is 1. The van der Waals surface area contributed by atoms with Crippen LogP contribution >= 0.6 is 11.6 Å². The molecule has 1 saturated heterocycles. The van der Waals surface area contributed by atoms with E-state index in [2.05, 4.69) is 10.4 Å². The van der Waals surface area contributed by atoms with Crippen LogP contribution in [0, 0.1) is 5.92 Å². The predicted octanol–water partition coefficient (Wildman–Crippen LogP) is 2.43. The first-order chi connectivity index (χ1) is 9.70. The van der Waals surface area contributed by atoms with E-state index in [0.29, 0.717) is 28.5 Å². The minimum atomic E-state index is -0.0681. The molecule has 1 aliphatic heterocycles. The number of nitrogen functional groups attached to an aromatic ring is 1. The van der Waals surface area contributed by atoms with Crippen LogP contribution in [0.5, 0.6) is 0 Å². The molecule has 6 heteroatoms. The highest BCUT2D eigenvalue weighted by Crippen LogP contribution is 2.37. The number of nitrogens with zero attached hydrogens (tertiary/aromatic N) is 2. The summed E-state index contributed by atoms with van der Waals surface area (Å²) in [6, 6.07) is 3.68. The highest BCUT2D eigenvalue weighted by molar-refractivity contribution is 6.33. The van der Waals surface area contributed by atoms with Gasteiger partial charge in [-0.1, -0.05) is 24.4 Å². The van der Waals surface area contributed by atoms with Crippen LogP contribution in [-0.4, -0.2) is 28.4 Å². The molecule has 3 N–H and O–H groups in total. The molecule has 2 fully saturated rings. The van der Waals surface area contributed by atoms with Gasteiger partial charge in [-0.05, 0) is 37.3 Å². The first-order valence-corrected chi connectivity index (χ1v) is 7.52. The van der Waals surface area contributed by atoms with Crippen molar-refractivity contribution >= 4 is 23.3 Å². The molecule has 0 spiro atoms. The van der Waals surface area contributed by atoms with Crippen molar-refractivity contribution in [3.05, 3.63) is 22.8 Å². The Kier molecular flexibility index (Phi) is 3.81. The van der Waals surface area contributed by atoms with E-state index in [1.807, 2.05) is 4.90 Å². The number of hydrogen-bond donors (Lipinski definition) is 2. The number of fused-ring (bicyclic) bond motifs is 1. The van der Waals surface area contributed by atoms with Crippen molar-refractivity contribution in [1.82, 2.24) is 9.88 Å². The van der Waals surface area contributed by atoms with Gasteiger partial charge in [-0.2, -0.15) is 0 Å². The summed E-state index contributed by atoms with van der Waals surface area (Å²) in [5.41, 5.74) is 2.76. The number of carbonyl (C=O) groups excluding carboxylic acids is 1. The van der Waals surface area contributed by atoms with E-state index in [4.69, 9.17) is 17.4 Å². The Labute approximate surface area is 123 Å². The zero-order valence-electron chi connectivity index (χ0n) is 11.3. The second-order valence-corrected chi connectivity index (χ2v) is 5.98. The standard InChI is InChI=1S/C14H19ClN4O/c15-10-5-6-12(18-16)17-13(10)14(20)19-8-7-9-3-1-2-4-11(9)19/h5-6,9,11H,1-4,7-8,16H2,(H,17,18). The molecule has 1 aromatic heterocycles. The fraction of sp³-hybridized carbons (Fsp3) is 0.571. The molecular formula is C14H19ClN4O. The maximum atomic E-state index is 12.7. The van der Waals surface area contributed by atoms with Crippen LogP contribution in [0.25, 0.3) is 0 Å². The van der Waals surface area contributed by atoms with E-state index >= 15 is 0 Å². The molecular weight excluding hydrogens is 276 g/mol. The first-order valence-electron chi connectivity index (χ1n) is 7.15. The fourth-order valence-corrected chi connectivity index (χ4v) is 3.65. The van der Waals surface area contributed by atoms with E-state index in [1.165, 1.54) is 19.3 Å². The molecule has 1 aliphatic carbocycles. The maximum absolute atomic E-state index is 12.7. The number of amides is 1. The Bertz CT molecular complexity index is 522. The van der Waals surface area contributed by atoms with E-state index < -0.39 is 0 Å². The number of nitrogens with two attached hydrogens (primary N) is 1. The van der Waals surface area contributed by atoms with Crippen molar-refractivity contribution in [2.24, 2.45) is 11.8 Å². The van der Waals surface area contributed by atoms with Gasteiger partial charge in [-0.3, -0.25) is 4.79 Å². The number of halogens is 1. The number of carbonyl (C=O) groups is 1. The van der Waals surface area contributed by atoms with Gasteiger partial charge >= 0.3 is 0 Å². The monoisotopic (exact) mass is 294 g/mol. The summed E-state index contributed by atoms with van der Waals surface area (Å²) < 4.78 is 0. The molecule has 0 aromatic carbocycles. The lowest BCUT2D eigenvalue weighted by Crippen LogP contribution is -2.39. The van der Waals surface area contributed by atoms with Gasteiger partial charge in [0.2, 0.25) is 0 Å². The molecule has 2 unspecified atom stereocenters. The lowest BCUT2D eigenvalue weighted by molar-refractivity contribution is 0.0684.